The lowest BCUT2D eigenvalue weighted by molar-refractivity contribution is -0.385. The number of nitro groups is 1. The molecule has 0 heterocycles. The van der Waals surface area contributed by atoms with Crippen molar-refractivity contribution in [1.82, 2.24) is 5.32 Å². The molecule has 7 nitrogen and oxygen atoms in total. The number of rotatable bonds is 8. The van der Waals surface area contributed by atoms with Crippen LogP contribution in [0.5, 0.6) is 5.75 Å². The third kappa shape index (κ3) is 3.92. The van der Waals surface area contributed by atoms with E-state index < -0.39 is 16.4 Å². The van der Waals surface area contributed by atoms with Crippen molar-refractivity contribution in [3.8, 4) is 5.75 Å². The number of nitro benzene ring substituents is 1. The summed E-state index contributed by atoms with van der Waals surface area (Å²) in [6.07, 6.45) is 0.197. The summed E-state index contributed by atoms with van der Waals surface area (Å²) in [5, 5.41) is 22.9. The molecule has 0 aliphatic rings. The largest absolute Gasteiger partial charge is 0.487 e. The average Bonchev–Trinajstić information content (AvgIpc) is 2.39. The number of carbonyl (C=O) groups is 1. The maximum atomic E-state index is 11.2. The van der Waals surface area contributed by atoms with E-state index in [1.165, 1.54) is 12.1 Å². The summed E-state index contributed by atoms with van der Waals surface area (Å²) >= 11 is 0. The van der Waals surface area contributed by atoms with Crippen LogP contribution in [0.15, 0.2) is 24.3 Å². The van der Waals surface area contributed by atoms with Gasteiger partial charge in [0.1, 0.15) is 5.54 Å². The highest BCUT2D eigenvalue weighted by Crippen LogP contribution is 2.26. The molecule has 1 aromatic rings. The van der Waals surface area contributed by atoms with Crippen molar-refractivity contribution in [2.45, 2.75) is 25.8 Å². The Balaban J connectivity index is 2.68. The van der Waals surface area contributed by atoms with Crippen LogP contribution in [0, 0.1) is 10.1 Å². The lowest BCUT2D eigenvalue weighted by Gasteiger charge is -2.25. The Morgan fingerprint density at radius 1 is 1.50 bits per heavy atom. The van der Waals surface area contributed by atoms with Gasteiger partial charge in [0.25, 0.3) is 0 Å². The van der Waals surface area contributed by atoms with Crippen LogP contribution >= 0.6 is 0 Å². The number of ether oxygens (including phenoxy) is 1. The molecule has 1 aromatic carbocycles. The summed E-state index contributed by atoms with van der Waals surface area (Å²) in [4.78, 5) is 21.5. The third-order valence-electron chi connectivity index (χ3n) is 2.96. The van der Waals surface area contributed by atoms with Crippen LogP contribution in [0.4, 0.5) is 5.69 Å². The van der Waals surface area contributed by atoms with E-state index in [4.69, 9.17) is 4.74 Å². The van der Waals surface area contributed by atoms with E-state index in [1.807, 2.05) is 6.92 Å². The van der Waals surface area contributed by atoms with Crippen molar-refractivity contribution >= 4 is 11.7 Å². The van der Waals surface area contributed by atoms with Crippen molar-refractivity contribution in [2.24, 2.45) is 0 Å². The molecule has 0 saturated carbocycles. The Labute approximate surface area is 116 Å². The number of carboxylic acids is 1. The molecule has 1 unspecified atom stereocenters. The number of hydrogen-bond acceptors (Lipinski definition) is 5. The molecule has 0 aliphatic heterocycles. The average molecular weight is 282 g/mol. The first kappa shape index (κ1) is 15.9. The summed E-state index contributed by atoms with van der Waals surface area (Å²) < 4.78 is 5.35. The van der Waals surface area contributed by atoms with E-state index in [0.29, 0.717) is 6.54 Å². The molecular formula is C13H18N2O5. The lowest BCUT2D eigenvalue weighted by atomic mass is 9.98. The Bertz CT molecular complexity index is 491. The van der Waals surface area contributed by atoms with Gasteiger partial charge in [-0.25, -0.2) is 0 Å². The smallest absolute Gasteiger partial charge is 0.323 e. The highest BCUT2D eigenvalue weighted by Gasteiger charge is 2.32. The topological polar surface area (TPSA) is 102 Å². The number of nitrogens with one attached hydrogen (secondary N) is 1. The molecular weight excluding hydrogens is 264 g/mol. The van der Waals surface area contributed by atoms with Crippen LogP contribution < -0.4 is 10.1 Å². The first-order chi connectivity index (χ1) is 9.40. The van der Waals surface area contributed by atoms with Crippen molar-refractivity contribution in [1.29, 1.82) is 0 Å². The van der Waals surface area contributed by atoms with Gasteiger partial charge >= 0.3 is 11.7 Å². The minimum Gasteiger partial charge on any atom is -0.487 e. The molecule has 110 valence electrons. The van der Waals surface area contributed by atoms with Gasteiger partial charge in [0.2, 0.25) is 0 Å². The van der Waals surface area contributed by atoms with Crippen LogP contribution in [0.1, 0.15) is 20.3 Å². The van der Waals surface area contributed by atoms with E-state index in [9.17, 15) is 20.0 Å². The summed E-state index contributed by atoms with van der Waals surface area (Å²) in [6, 6.07) is 6.01. The van der Waals surface area contributed by atoms with Gasteiger partial charge in [-0.05, 0) is 19.5 Å². The predicted molar refractivity (Wildman–Crippen MR) is 72.9 cm³/mol. The molecule has 20 heavy (non-hydrogen) atoms. The summed E-state index contributed by atoms with van der Waals surface area (Å²) in [6.45, 7) is 3.95. The Kier molecular flexibility index (Phi) is 5.45. The molecule has 1 rings (SSSR count). The lowest BCUT2D eigenvalue weighted by Crippen LogP contribution is -2.50. The van der Waals surface area contributed by atoms with Crippen molar-refractivity contribution in [3.63, 3.8) is 0 Å². The van der Waals surface area contributed by atoms with Gasteiger partial charge in [0, 0.05) is 12.5 Å². The van der Waals surface area contributed by atoms with Crippen LogP contribution in [-0.4, -0.2) is 34.7 Å². The standard InChI is InChI=1S/C13H18N2O5/c1-3-14-13(2,12(16)17)8-9-20-11-7-5-4-6-10(11)15(18)19/h4-7,14H,3,8-9H2,1-2H3,(H,16,17). The van der Waals surface area contributed by atoms with Gasteiger partial charge < -0.3 is 15.2 Å². The Morgan fingerprint density at radius 3 is 2.70 bits per heavy atom. The van der Waals surface area contributed by atoms with E-state index >= 15 is 0 Å². The molecule has 0 aliphatic carbocycles. The number of benzene rings is 1. The fourth-order valence-electron chi connectivity index (χ4n) is 1.76. The highest BCUT2D eigenvalue weighted by atomic mass is 16.6. The van der Waals surface area contributed by atoms with E-state index in [1.54, 1.807) is 19.1 Å². The van der Waals surface area contributed by atoms with Crippen molar-refractivity contribution < 1.29 is 19.6 Å². The Hall–Kier alpha value is -2.15. The molecule has 0 spiro atoms. The maximum Gasteiger partial charge on any atom is 0.323 e. The first-order valence-electron chi connectivity index (χ1n) is 6.25. The zero-order chi connectivity index (χ0) is 15.2. The number of nitrogens with zero attached hydrogens (tertiary/aromatic N) is 1. The minimum absolute atomic E-state index is 0.0701. The van der Waals surface area contributed by atoms with Gasteiger partial charge in [-0.3, -0.25) is 14.9 Å². The molecule has 0 aromatic heterocycles. The van der Waals surface area contributed by atoms with Gasteiger partial charge in [-0.1, -0.05) is 19.1 Å². The van der Waals surface area contributed by atoms with Gasteiger partial charge in [-0.15, -0.1) is 0 Å². The quantitative estimate of drug-likeness (QED) is 0.557. The second-order valence-electron chi connectivity index (χ2n) is 4.49. The summed E-state index contributed by atoms with van der Waals surface area (Å²) in [5.74, 6) is -0.841. The second kappa shape index (κ2) is 6.85. The summed E-state index contributed by atoms with van der Waals surface area (Å²) in [7, 11) is 0. The molecule has 7 heteroatoms. The molecule has 0 fully saturated rings. The minimum atomic E-state index is -1.11. The number of likely N-dealkylation sites (N-methyl/N-ethyl adjacent to an activating group) is 1. The molecule has 0 radical (unpaired) electrons. The normalized spacial score (nSPS) is 13.5. The van der Waals surface area contributed by atoms with E-state index in [0.717, 1.165) is 0 Å². The second-order valence-corrected chi connectivity index (χ2v) is 4.49. The first-order valence-corrected chi connectivity index (χ1v) is 6.25. The van der Waals surface area contributed by atoms with Gasteiger partial charge in [0.15, 0.2) is 5.75 Å². The SMILES string of the molecule is CCNC(C)(CCOc1ccccc1[N+](=O)[O-])C(=O)O. The molecule has 0 saturated heterocycles. The fourth-order valence-corrected chi connectivity index (χ4v) is 1.76. The number of para-hydroxylation sites is 2. The number of carboxylic acid groups (broad SMARTS) is 1. The number of hydrogen-bond donors (Lipinski definition) is 2. The van der Waals surface area contributed by atoms with E-state index in [2.05, 4.69) is 5.32 Å². The Morgan fingerprint density at radius 2 is 2.15 bits per heavy atom. The third-order valence-corrected chi connectivity index (χ3v) is 2.96. The van der Waals surface area contributed by atoms with Crippen molar-refractivity contribution in [3.05, 3.63) is 34.4 Å². The molecule has 0 bridgehead atoms. The fraction of sp³-hybridized carbons (Fsp3) is 0.462. The predicted octanol–water partition coefficient (Wildman–Crippen LogP) is 1.82. The molecule has 1 atom stereocenters. The maximum absolute atomic E-state index is 11.2. The highest BCUT2D eigenvalue weighted by molar-refractivity contribution is 5.78. The van der Waals surface area contributed by atoms with Crippen molar-refractivity contribution in [2.75, 3.05) is 13.2 Å². The van der Waals surface area contributed by atoms with Crippen LogP contribution in [-0.2, 0) is 4.79 Å². The molecule has 0 amide bonds. The zero-order valence-electron chi connectivity index (χ0n) is 11.5. The van der Waals surface area contributed by atoms with Gasteiger partial charge in [-0.2, -0.15) is 0 Å². The number of aliphatic carboxylic acids is 1. The summed E-state index contributed by atoms with van der Waals surface area (Å²) in [5.41, 5.74) is -1.24. The monoisotopic (exact) mass is 282 g/mol. The zero-order valence-corrected chi connectivity index (χ0v) is 11.5. The van der Waals surface area contributed by atoms with Crippen LogP contribution in [0.3, 0.4) is 0 Å². The van der Waals surface area contributed by atoms with Gasteiger partial charge in [0.05, 0.1) is 11.5 Å². The van der Waals surface area contributed by atoms with E-state index in [-0.39, 0.29) is 24.5 Å². The molecule has 2 N–H and O–H groups in total. The van der Waals surface area contributed by atoms with Crippen LogP contribution in [0.25, 0.3) is 0 Å². The van der Waals surface area contributed by atoms with Crippen LogP contribution in [0.2, 0.25) is 0 Å².